The van der Waals surface area contributed by atoms with Crippen molar-refractivity contribution in [2.24, 2.45) is 0 Å². The first kappa shape index (κ1) is 21.9. The molecule has 3 aromatic heterocycles. The number of amides is 1. The Morgan fingerprint density at radius 1 is 1.14 bits per heavy atom. The number of fused-ring (bicyclic) bond motifs is 1. The SMILES string of the molecule is Cc1cc(F)c(C(=O)NC2CC2)cc1-n1cc(-c2cnn3ccc(C4CCN(C)CC4)cc23)nn1. The quantitative estimate of drug-likeness (QED) is 0.478. The summed E-state index contributed by atoms with van der Waals surface area (Å²) in [4.78, 5) is 14.9. The van der Waals surface area contributed by atoms with Crippen molar-refractivity contribution in [1.82, 2.24) is 34.8 Å². The molecule has 1 aliphatic heterocycles. The largest absolute Gasteiger partial charge is 0.349 e. The van der Waals surface area contributed by atoms with Crippen LogP contribution in [-0.4, -0.2) is 61.6 Å². The average molecular weight is 474 g/mol. The molecule has 180 valence electrons. The lowest BCUT2D eigenvalue weighted by Gasteiger charge is -2.29. The van der Waals surface area contributed by atoms with Crippen molar-refractivity contribution in [3.05, 3.63) is 65.4 Å². The van der Waals surface area contributed by atoms with Crippen LogP contribution in [-0.2, 0) is 0 Å². The third-order valence-electron chi connectivity index (χ3n) is 7.19. The number of likely N-dealkylation sites (tertiary alicyclic amines) is 1. The first-order chi connectivity index (χ1) is 17.0. The van der Waals surface area contributed by atoms with Crippen molar-refractivity contribution in [3.63, 3.8) is 0 Å². The summed E-state index contributed by atoms with van der Waals surface area (Å²) in [6.07, 6.45) is 9.79. The second kappa shape index (κ2) is 8.57. The third kappa shape index (κ3) is 4.20. The Labute approximate surface area is 202 Å². The molecule has 1 aliphatic carbocycles. The molecule has 4 heterocycles. The number of aryl methyl sites for hydroxylation is 1. The molecule has 2 aliphatic rings. The van der Waals surface area contributed by atoms with Crippen LogP contribution in [0.15, 0.2) is 42.9 Å². The van der Waals surface area contributed by atoms with Gasteiger partial charge in [0.25, 0.3) is 5.91 Å². The highest BCUT2D eigenvalue weighted by atomic mass is 19.1. The number of benzene rings is 1. The first-order valence-corrected chi connectivity index (χ1v) is 12.2. The van der Waals surface area contributed by atoms with Gasteiger partial charge in [0.05, 0.1) is 29.2 Å². The molecule has 2 fully saturated rings. The number of piperidine rings is 1. The minimum atomic E-state index is -0.534. The Morgan fingerprint density at radius 2 is 1.94 bits per heavy atom. The molecule has 1 saturated carbocycles. The van der Waals surface area contributed by atoms with E-state index in [1.807, 2.05) is 16.9 Å². The lowest BCUT2D eigenvalue weighted by molar-refractivity contribution is 0.0947. The Morgan fingerprint density at radius 3 is 2.71 bits per heavy atom. The molecule has 0 radical (unpaired) electrons. The van der Waals surface area contributed by atoms with Gasteiger partial charge in [-0.15, -0.1) is 5.10 Å². The van der Waals surface area contributed by atoms with Crippen LogP contribution in [0.25, 0.3) is 22.5 Å². The maximum Gasteiger partial charge on any atom is 0.254 e. The number of halogens is 1. The van der Waals surface area contributed by atoms with Gasteiger partial charge in [0, 0.05) is 17.8 Å². The number of carbonyl (C=O) groups excluding carboxylic acids is 1. The van der Waals surface area contributed by atoms with E-state index in [9.17, 15) is 9.18 Å². The van der Waals surface area contributed by atoms with Crippen LogP contribution in [0.5, 0.6) is 0 Å². The van der Waals surface area contributed by atoms with Gasteiger partial charge in [0.15, 0.2) is 0 Å². The van der Waals surface area contributed by atoms with Gasteiger partial charge in [0.2, 0.25) is 0 Å². The smallest absolute Gasteiger partial charge is 0.254 e. The molecule has 35 heavy (non-hydrogen) atoms. The Kier molecular flexibility index (Phi) is 5.36. The molecule has 0 atom stereocenters. The zero-order chi connectivity index (χ0) is 24.1. The van der Waals surface area contributed by atoms with Crippen molar-refractivity contribution in [2.75, 3.05) is 20.1 Å². The van der Waals surface area contributed by atoms with E-state index >= 15 is 0 Å². The van der Waals surface area contributed by atoms with Gasteiger partial charge in [-0.3, -0.25) is 4.79 Å². The monoisotopic (exact) mass is 473 g/mol. The lowest BCUT2D eigenvalue weighted by atomic mass is 9.90. The van der Waals surface area contributed by atoms with Gasteiger partial charge in [-0.2, -0.15) is 5.10 Å². The molecular formula is C26H28FN7O. The zero-order valence-electron chi connectivity index (χ0n) is 19.9. The molecule has 0 unspecified atom stereocenters. The van der Waals surface area contributed by atoms with E-state index in [1.54, 1.807) is 23.9 Å². The summed E-state index contributed by atoms with van der Waals surface area (Å²) < 4.78 is 18.0. The third-order valence-corrected chi connectivity index (χ3v) is 7.19. The van der Waals surface area contributed by atoms with E-state index in [1.165, 1.54) is 11.6 Å². The molecule has 4 aromatic rings. The molecule has 6 rings (SSSR count). The highest BCUT2D eigenvalue weighted by Gasteiger charge is 2.26. The summed E-state index contributed by atoms with van der Waals surface area (Å²) in [6.45, 7) is 4.01. The highest BCUT2D eigenvalue weighted by Crippen LogP contribution is 2.31. The van der Waals surface area contributed by atoms with E-state index in [0.717, 1.165) is 49.9 Å². The fourth-order valence-electron chi connectivity index (χ4n) is 4.87. The number of aromatic nitrogens is 5. The summed E-state index contributed by atoms with van der Waals surface area (Å²) in [5, 5.41) is 16.1. The molecular weight excluding hydrogens is 445 g/mol. The predicted molar refractivity (Wildman–Crippen MR) is 130 cm³/mol. The maximum absolute atomic E-state index is 14.6. The lowest BCUT2D eigenvalue weighted by Crippen LogP contribution is -2.29. The number of nitrogens with zero attached hydrogens (tertiary/aromatic N) is 6. The van der Waals surface area contributed by atoms with Crippen LogP contribution in [0.1, 0.15) is 53.1 Å². The topological polar surface area (TPSA) is 80.4 Å². The van der Waals surface area contributed by atoms with E-state index in [4.69, 9.17) is 0 Å². The Hall–Kier alpha value is -3.59. The standard InChI is InChI=1S/C26H28FN7O/c1-16-11-22(27)20(26(35)29-19-3-4-19)13-24(16)34-15-23(30-31-34)21-14-28-33-10-7-18(12-25(21)33)17-5-8-32(2)9-6-17/h7,10-15,17,19H,3-6,8-9H2,1-2H3,(H,29,35). The fourth-order valence-corrected chi connectivity index (χ4v) is 4.87. The van der Waals surface area contributed by atoms with Crippen molar-refractivity contribution in [1.29, 1.82) is 0 Å². The molecule has 0 bridgehead atoms. The number of nitrogens with one attached hydrogen (secondary N) is 1. The van der Waals surface area contributed by atoms with E-state index < -0.39 is 11.7 Å². The van der Waals surface area contributed by atoms with E-state index in [-0.39, 0.29) is 11.6 Å². The van der Waals surface area contributed by atoms with E-state index in [0.29, 0.717) is 22.9 Å². The van der Waals surface area contributed by atoms with Gasteiger partial charge < -0.3 is 10.2 Å². The van der Waals surface area contributed by atoms with Gasteiger partial charge in [0.1, 0.15) is 11.5 Å². The first-order valence-electron chi connectivity index (χ1n) is 12.2. The van der Waals surface area contributed by atoms with Gasteiger partial charge in [-0.25, -0.2) is 13.6 Å². The van der Waals surface area contributed by atoms with Gasteiger partial charge >= 0.3 is 0 Å². The van der Waals surface area contributed by atoms with Crippen LogP contribution < -0.4 is 5.32 Å². The summed E-state index contributed by atoms with van der Waals surface area (Å²) in [5.74, 6) is -0.388. The van der Waals surface area contributed by atoms with Gasteiger partial charge in [-0.05, 0) is 94.1 Å². The highest BCUT2D eigenvalue weighted by molar-refractivity contribution is 5.95. The molecule has 0 spiro atoms. The Bertz CT molecular complexity index is 1410. The summed E-state index contributed by atoms with van der Waals surface area (Å²) in [5.41, 5.74) is 5.18. The molecule has 9 heteroatoms. The fraction of sp³-hybridized carbons (Fsp3) is 0.385. The number of carbonyl (C=O) groups is 1. The van der Waals surface area contributed by atoms with Crippen LogP contribution in [0.3, 0.4) is 0 Å². The summed E-state index contributed by atoms with van der Waals surface area (Å²) >= 11 is 0. The number of rotatable bonds is 5. The molecule has 1 amide bonds. The number of pyridine rings is 1. The maximum atomic E-state index is 14.6. The predicted octanol–water partition coefficient (Wildman–Crippen LogP) is 3.73. The van der Waals surface area contributed by atoms with Crippen molar-refractivity contribution in [2.45, 2.75) is 44.6 Å². The minimum Gasteiger partial charge on any atom is -0.349 e. The molecule has 1 aromatic carbocycles. The zero-order valence-corrected chi connectivity index (χ0v) is 19.9. The number of hydrogen-bond acceptors (Lipinski definition) is 5. The van der Waals surface area contributed by atoms with Crippen molar-refractivity contribution in [3.8, 4) is 16.9 Å². The minimum absolute atomic E-state index is 0.0216. The van der Waals surface area contributed by atoms with Gasteiger partial charge in [-0.1, -0.05) is 5.21 Å². The average Bonchev–Trinajstić information content (AvgIpc) is 3.36. The second-order valence-corrected chi connectivity index (χ2v) is 9.84. The van der Waals surface area contributed by atoms with E-state index in [2.05, 4.69) is 44.8 Å². The normalized spacial score (nSPS) is 17.2. The summed E-state index contributed by atoms with van der Waals surface area (Å²) in [6, 6.07) is 7.45. The summed E-state index contributed by atoms with van der Waals surface area (Å²) in [7, 11) is 2.17. The van der Waals surface area contributed by atoms with Crippen LogP contribution in [0.4, 0.5) is 4.39 Å². The van der Waals surface area contributed by atoms with Crippen LogP contribution >= 0.6 is 0 Å². The Balaban J connectivity index is 1.33. The van der Waals surface area contributed by atoms with Crippen LogP contribution in [0.2, 0.25) is 0 Å². The number of hydrogen-bond donors (Lipinski definition) is 1. The van der Waals surface area contributed by atoms with Crippen molar-refractivity contribution < 1.29 is 9.18 Å². The molecule has 1 saturated heterocycles. The van der Waals surface area contributed by atoms with Crippen molar-refractivity contribution >= 4 is 11.4 Å². The molecule has 1 N–H and O–H groups in total. The molecule has 8 nitrogen and oxygen atoms in total. The van der Waals surface area contributed by atoms with Crippen LogP contribution in [0, 0.1) is 12.7 Å². The second-order valence-electron chi connectivity index (χ2n) is 9.84.